The zero-order chi connectivity index (χ0) is 25.1. The van der Waals surface area contributed by atoms with Crippen LogP contribution in [0.25, 0.3) is 0 Å². The highest BCUT2D eigenvalue weighted by Crippen LogP contribution is 2.31. The molecule has 1 heterocycles. The van der Waals surface area contributed by atoms with Gasteiger partial charge in [0.15, 0.2) is 0 Å². The van der Waals surface area contributed by atoms with Crippen LogP contribution < -0.4 is 10.6 Å². The maximum atomic E-state index is 12.9. The van der Waals surface area contributed by atoms with Crippen LogP contribution >= 0.6 is 0 Å². The van der Waals surface area contributed by atoms with Gasteiger partial charge in [0.05, 0.1) is 11.3 Å². The van der Waals surface area contributed by atoms with Crippen LogP contribution in [0.5, 0.6) is 0 Å². The second kappa shape index (κ2) is 10.1. The molecule has 2 aliphatic rings. The number of hydrogen-bond donors (Lipinski definition) is 2. The van der Waals surface area contributed by atoms with E-state index in [2.05, 4.69) is 10.6 Å². The van der Waals surface area contributed by atoms with Crippen molar-refractivity contribution in [3.63, 3.8) is 0 Å². The Labute approximate surface area is 203 Å². The molecule has 0 bridgehead atoms. The first-order valence-corrected chi connectivity index (χ1v) is 11.7. The number of urea groups is 1. The minimum Gasteiger partial charge on any atom is -0.324 e. The minimum atomic E-state index is -1.01. The molecular weight excluding hydrogens is 448 g/mol. The van der Waals surface area contributed by atoms with Gasteiger partial charge >= 0.3 is 17.8 Å². The van der Waals surface area contributed by atoms with Crippen LogP contribution in [0.15, 0.2) is 48.5 Å². The smallest absolute Gasteiger partial charge is 0.324 e. The SMILES string of the molecule is Cc1cccc(NC(=O)c2ccccc2NC(=O)CN2C(=O)C(=O)N([C@H]3CCCC[C@H]3C)C2=O)c1. The van der Waals surface area contributed by atoms with Crippen LogP contribution in [-0.4, -0.2) is 52.0 Å². The summed E-state index contributed by atoms with van der Waals surface area (Å²) < 4.78 is 0. The van der Waals surface area contributed by atoms with Crippen molar-refractivity contribution in [3.8, 4) is 0 Å². The van der Waals surface area contributed by atoms with Crippen LogP contribution in [0.4, 0.5) is 16.2 Å². The molecular formula is C26H28N4O5. The standard InChI is InChI=1S/C26H28N4O5/c1-16-8-7-10-18(14-16)27-23(32)19-11-4-5-12-20(19)28-22(31)15-29-24(33)25(34)30(26(29)35)21-13-6-3-9-17(21)2/h4-5,7-8,10-12,14,17,21H,3,6,9,13,15H2,1-2H3,(H,27,32)(H,28,31)/t17-,21+/m1/s1. The van der Waals surface area contributed by atoms with Gasteiger partial charge in [0.25, 0.3) is 5.91 Å². The number of aryl methyl sites for hydroxylation is 1. The third kappa shape index (κ3) is 5.08. The molecule has 2 aromatic rings. The maximum Gasteiger partial charge on any atom is 0.334 e. The summed E-state index contributed by atoms with van der Waals surface area (Å²) in [5.74, 6) is -2.91. The number of rotatable bonds is 6. The number of para-hydroxylation sites is 1. The van der Waals surface area contributed by atoms with Crippen molar-refractivity contribution in [1.82, 2.24) is 9.80 Å². The Bertz CT molecular complexity index is 1190. The number of hydrogen-bond acceptors (Lipinski definition) is 5. The Morgan fingerprint density at radius 3 is 2.43 bits per heavy atom. The first-order valence-electron chi connectivity index (χ1n) is 11.7. The molecule has 9 nitrogen and oxygen atoms in total. The Balaban J connectivity index is 1.45. The molecule has 2 aromatic carbocycles. The number of nitrogens with one attached hydrogen (secondary N) is 2. The third-order valence-corrected chi connectivity index (χ3v) is 6.51. The molecule has 2 fully saturated rings. The lowest BCUT2D eigenvalue weighted by Gasteiger charge is -2.34. The van der Waals surface area contributed by atoms with Crippen molar-refractivity contribution in [3.05, 3.63) is 59.7 Å². The highest BCUT2D eigenvalue weighted by atomic mass is 16.2. The molecule has 35 heavy (non-hydrogen) atoms. The summed E-state index contributed by atoms with van der Waals surface area (Å²) in [5.41, 5.74) is 2.04. The molecule has 0 spiro atoms. The van der Waals surface area contributed by atoms with Gasteiger partial charge in [0, 0.05) is 11.7 Å². The van der Waals surface area contributed by atoms with Crippen LogP contribution in [-0.2, 0) is 14.4 Å². The second-order valence-electron chi connectivity index (χ2n) is 9.10. The van der Waals surface area contributed by atoms with Gasteiger partial charge in [-0.15, -0.1) is 0 Å². The lowest BCUT2D eigenvalue weighted by atomic mass is 9.85. The summed E-state index contributed by atoms with van der Waals surface area (Å²) in [6.45, 7) is 3.25. The van der Waals surface area contributed by atoms with Gasteiger partial charge < -0.3 is 10.6 Å². The van der Waals surface area contributed by atoms with Gasteiger partial charge in [-0.1, -0.05) is 44.0 Å². The van der Waals surface area contributed by atoms with Gasteiger partial charge in [-0.3, -0.25) is 24.1 Å². The first kappa shape index (κ1) is 24.1. The number of imide groups is 2. The summed E-state index contributed by atoms with van der Waals surface area (Å²) in [6, 6.07) is 12.6. The predicted molar refractivity (Wildman–Crippen MR) is 130 cm³/mol. The van der Waals surface area contributed by atoms with Crippen molar-refractivity contribution >= 4 is 41.0 Å². The number of carbonyl (C=O) groups excluding carboxylic acids is 5. The van der Waals surface area contributed by atoms with E-state index in [9.17, 15) is 24.0 Å². The fraction of sp³-hybridized carbons (Fsp3) is 0.346. The molecule has 4 rings (SSSR count). The summed E-state index contributed by atoms with van der Waals surface area (Å²) in [4.78, 5) is 65.4. The summed E-state index contributed by atoms with van der Waals surface area (Å²) >= 11 is 0. The van der Waals surface area contributed by atoms with E-state index in [-0.39, 0.29) is 23.2 Å². The van der Waals surface area contributed by atoms with Crippen LogP contribution in [0.2, 0.25) is 0 Å². The number of benzene rings is 2. The third-order valence-electron chi connectivity index (χ3n) is 6.51. The molecule has 0 radical (unpaired) electrons. The topological polar surface area (TPSA) is 116 Å². The molecule has 2 atom stereocenters. The van der Waals surface area contributed by atoms with Crippen LogP contribution in [0.3, 0.4) is 0 Å². The summed E-state index contributed by atoms with van der Waals surface area (Å²) in [5, 5.41) is 5.39. The van der Waals surface area contributed by atoms with E-state index in [1.54, 1.807) is 30.3 Å². The predicted octanol–water partition coefficient (Wildman–Crippen LogP) is 3.56. The molecule has 0 unspecified atom stereocenters. The van der Waals surface area contributed by atoms with Gasteiger partial charge in [-0.05, 0) is 55.5 Å². The van der Waals surface area contributed by atoms with Crippen molar-refractivity contribution in [2.75, 3.05) is 17.2 Å². The van der Waals surface area contributed by atoms with E-state index in [0.29, 0.717) is 17.0 Å². The van der Waals surface area contributed by atoms with Gasteiger partial charge in [0.2, 0.25) is 5.91 Å². The fourth-order valence-electron chi connectivity index (χ4n) is 4.68. The van der Waals surface area contributed by atoms with Gasteiger partial charge in [-0.2, -0.15) is 0 Å². The fourth-order valence-corrected chi connectivity index (χ4v) is 4.68. The lowest BCUT2D eigenvalue weighted by Crippen LogP contribution is -2.46. The molecule has 1 saturated carbocycles. The van der Waals surface area contributed by atoms with Gasteiger partial charge in [0.1, 0.15) is 6.54 Å². The maximum absolute atomic E-state index is 12.9. The van der Waals surface area contributed by atoms with Crippen molar-refractivity contribution in [2.24, 2.45) is 5.92 Å². The Morgan fingerprint density at radius 1 is 0.943 bits per heavy atom. The normalized spacial score (nSPS) is 20.2. The van der Waals surface area contributed by atoms with Gasteiger partial charge in [-0.25, -0.2) is 9.69 Å². The van der Waals surface area contributed by atoms with Crippen LogP contribution in [0.1, 0.15) is 48.5 Å². The molecule has 182 valence electrons. The largest absolute Gasteiger partial charge is 0.334 e. The van der Waals surface area contributed by atoms with Crippen LogP contribution in [0, 0.1) is 12.8 Å². The molecule has 2 N–H and O–H groups in total. The Kier molecular flexibility index (Phi) is 6.95. The second-order valence-corrected chi connectivity index (χ2v) is 9.10. The van der Waals surface area contributed by atoms with E-state index >= 15 is 0 Å². The van der Waals surface area contributed by atoms with E-state index in [4.69, 9.17) is 0 Å². The first-order chi connectivity index (χ1) is 16.8. The zero-order valence-corrected chi connectivity index (χ0v) is 19.7. The summed E-state index contributed by atoms with van der Waals surface area (Å²) in [7, 11) is 0. The quantitative estimate of drug-likeness (QED) is 0.489. The van der Waals surface area contributed by atoms with E-state index in [0.717, 1.165) is 29.7 Å². The number of nitrogens with zero attached hydrogens (tertiary/aromatic N) is 2. The zero-order valence-electron chi connectivity index (χ0n) is 19.7. The molecule has 9 heteroatoms. The molecule has 1 aliphatic heterocycles. The molecule has 1 saturated heterocycles. The highest BCUT2D eigenvalue weighted by molar-refractivity contribution is 6.45. The average molecular weight is 477 g/mol. The number of carbonyl (C=O) groups is 5. The summed E-state index contributed by atoms with van der Waals surface area (Å²) in [6.07, 6.45) is 3.42. The van der Waals surface area contributed by atoms with Crippen molar-refractivity contribution < 1.29 is 24.0 Å². The van der Waals surface area contributed by atoms with E-state index in [1.807, 2.05) is 32.0 Å². The average Bonchev–Trinajstić information content (AvgIpc) is 3.03. The van der Waals surface area contributed by atoms with Crippen molar-refractivity contribution in [1.29, 1.82) is 0 Å². The Hall–Kier alpha value is -4.01. The number of amides is 6. The Morgan fingerprint density at radius 2 is 1.69 bits per heavy atom. The number of anilines is 2. The van der Waals surface area contributed by atoms with E-state index < -0.39 is 36.2 Å². The molecule has 6 amide bonds. The van der Waals surface area contributed by atoms with E-state index in [1.165, 1.54) is 0 Å². The minimum absolute atomic E-state index is 0.0945. The highest BCUT2D eigenvalue weighted by Gasteiger charge is 2.49. The molecule has 1 aliphatic carbocycles. The van der Waals surface area contributed by atoms with Crippen molar-refractivity contribution in [2.45, 2.75) is 45.6 Å². The molecule has 0 aromatic heterocycles. The monoisotopic (exact) mass is 476 g/mol. The lowest BCUT2D eigenvalue weighted by molar-refractivity contribution is -0.145.